The van der Waals surface area contributed by atoms with Crippen molar-refractivity contribution in [3.05, 3.63) is 82.7 Å². The fraction of sp³-hybridized carbons (Fsp3) is 0.240. The molecule has 15 heteroatoms. The van der Waals surface area contributed by atoms with E-state index < -0.39 is 68.7 Å². The van der Waals surface area contributed by atoms with Crippen LogP contribution in [0.15, 0.2) is 54.6 Å². The summed E-state index contributed by atoms with van der Waals surface area (Å²) < 4.78 is 131. The molecule has 1 N–H and O–H groups in total. The molecule has 0 saturated heterocycles. The van der Waals surface area contributed by atoms with E-state index in [-0.39, 0.29) is 23.1 Å². The molecule has 216 valence electrons. The van der Waals surface area contributed by atoms with Crippen LogP contribution in [-0.4, -0.2) is 34.8 Å². The molecule has 0 atom stereocenters. The predicted molar refractivity (Wildman–Crippen MR) is 131 cm³/mol. The molecule has 3 aromatic rings. The van der Waals surface area contributed by atoms with Crippen molar-refractivity contribution in [2.24, 2.45) is 0 Å². The Bertz CT molecular complexity index is 1490. The zero-order chi connectivity index (χ0) is 30.0. The van der Waals surface area contributed by atoms with E-state index in [1.54, 1.807) is 0 Å². The Morgan fingerprint density at radius 3 is 1.88 bits per heavy atom. The van der Waals surface area contributed by atoms with Gasteiger partial charge in [0.15, 0.2) is 11.5 Å². The smallest absolute Gasteiger partial charge is 0.416 e. The number of rotatable bonds is 8. The monoisotopic (exact) mass is 594 g/mol. The fourth-order valence-corrected chi connectivity index (χ4v) is 4.53. The molecule has 0 unspecified atom stereocenters. The number of carbonyl (C=O) groups excluding carboxylic acids is 1. The highest BCUT2D eigenvalue weighted by Gasteiger charge is 2.37. The van der Waals surface area contributed by atoms with E-state index in [1.807, 2.05) is 5.32 Å². The third-order valence-electron chi connectivity index (χ3n) is 5.53. The maximum absolute atomic E-state index is 14.4. The van der Waals surface area contributed by atoms with Crippen LogP contribution in [-0.2, 0) is 28.9 Å². The summed E-state index contributed by atoms with van der Waals surface area (Å²) >= 11 is 0. The summed E-state index contributed by atoms with van der Waals surface area (Å²) in [5.41, 5.74) is -5.27. The molecule has 1 amide bonds. The lowest BCUT2D eigenvalue weighted by atomic mass is 10.1. The fourth-order valence-electron chi connectivity index (χ4n) is 3.64. The van der Waals surface area contributed by atoms with Gasteiger partial charge in [0.2, 0.25) is 10.0 Å². The highest BCUT2D eigenvalue weighted by atomic mass is 32.2. The lowest BCUT2D eigenvalue weighted by Crippen LogP contribution is -2.32. The number of amides is 1. The van der Waals surface area contributed by atoms with Gasteiger partial charge in [-0.2, -0.15) is 26.3 Å². The molecule has 0 aliphatic rings. The molecule has 0 bridgehead atoms. The van der Waals surface area contributed by atoms with Crippen LogP contribution in [0.1, 0.15) is 27.0 Å². The van der Waals surface area contributed by atoms with E-state index >= 15 is 0 Å². The van der Waals surface area contributed by atoms with Crippen molar-refractivity contribution in [3.8, 4) is 11.5 Å². The van der Waals surface area contributed by atoms with Crippen LogP contribution in [0.25, 0.3) is 0 Å². The van der Waals surface area contributed by atoms with Crippen molar-refractivity contribution in [2.75, 3.05) is 30.1 Å². The maximum atomic E-state index is 14.4. The molecule has 0 aliphatic carbocycles. The summed E-state index contributed by atoms with van der Waals surface area (Å²) in [5.74, 6) is -2.25. The molecule has 0 radical (unpaired) electrons. The van der Waals surface area contributed by atoms with Crippen LogP contribution in [0.5, 0.6) is 11.5 Å². The van der Waals surface area contributed by atoms with Crippen molar-refractivity contribution < 1.29 is 53.4 Å². The number of halogens is 7. The number of ether oxygens (including phenoxy) is 2. The standard InChI is InChI=1S/C25H21F7N2O5S/c1-38-21-11-18(23(35)33-17-9-15(24(27,28)29)8-16(10-17)25(30,31)32)20(12-22(21)39-2)34(40(3,36)37)13-14-6-4-5-7-19(14)26/h4-12H,13H2,1-3H3,(H,33,35). The third kappa shape index (κ3) is 6.94. The number of hydrogen-bond donors (Lipinski definition) is 1. The van der Waals surface area contributed by atoms with Crippen LogP contribution in [0.3, 0.4) is 0 Å². The minimum Gasteiger partial charge on any atom is -0.493 e. The number of hydrogen-bond acceptors (Lipinski definition) is 5. The molecule has 0 heterocycles. The number of sulfonamides is 1. The minimum absolute atomic E-state index is 0.0744. The first-order chi connectivity index (χ1) is 18.5. The lowest BCUT2D eigenvalue weighted by molar-refractivity contribution is -0.143. The quantitative estimate of drug-likeness (QED) is 0.319. The van der Waals surface area contributed by atoms with Gasteiger partial charge in [0, 0.05) is 17.3 Å². The van der Waals surface area contributed by atoms with E-state index in [4.69, 9.17) is 9.47 Å². The Hall–Kier alpha value is -4.01. The topological polar surface area (TPSA) is 84.9 Å². The first kappa shape index (κ1) is 30.5. The Balaban J connectivity index is 2.20. The highest BCUT2D eigenvalue weighted by molar-refractivity contribution is 7.92. The second-order valence-corrected chi connectivity index (χ2v) is 10.2. The molecule has 3 aromatic carbocycles. The number of anilines is 2. The Kier molecular flexibility index (Phi) is 8.57. The summed E-state index contributed by atoms with van der Waals surface area (Å²) in [7, 11) is -1.89. The molecule has 3 rings (SSSR count). The Morgan fingerprint density at radius 1 is 0.875 bits per heavy atom. The number of benzene rings is 3. The first-order valence-electron chi connectivity index (χ1n) is 11.0. The van der Waals surface area contributed by atoms with Crippen molar-refractivity contribution in [2.45, 2.75) is 18.9 Å². The molecule has 0 aromatic heterocycles. The Labute approximate surface area is 224 Å². The van der Waals surface area contributed by atoms with Crippen molar-refractivity contribution in [1.29, 1.82) is 0 Å². The molecule has 7 nitrogen and oxygen atoms in total. The summed E-state index contributed by atoms with van der Waals surface area (Å²) in [6.07, 6.45) is -9.60. The number of nitrogens with one attached hydrogen (secondary N) is 1. The van der Waals surface area contributed by atoms with Gasteiger partial charge in [-0.3, -0.25) is 9.10 Å². The average molecular weight is 595 g/mol. The normalized spacial score (nSPS) is 12.2. The number of alkyl halides is 6. The summed E-state index contributed by atoms with van der Waals surface area (Å²) in [5, 5.41) is 1.96. The second kappa shape index (κ2) is 11.2. The summed E-state index contributed by atoms with van der Waals surface area (Å²) in [4.78, 5) is 13.3. The molecular weight excluding hydrogens is 573 g/mol. The molecule has 0 aliphatic heterocycles. The van der Waals surface area contributed by atoms with Crippen molar-refractivity contribution in [1.82, 2.24) is 0 Å². The lowest BCUT2D eigenvalue weighted by Gasteiger charge is -2.26. The van der Waals surface area contributed by atoms with E-state index in [2.05, 4.69) is 0 Å². The van der Waals surface area contributed by atoms with Gasteiger partial charge < -0.3 is 14.8 Å². The van der Waals surface area contributed by atoms with Crippen LogP contribution in [0.4, 0.5) is 42.1 Å². The van der Waals surface area contributed by atoms with Crippen molar-refractivity contribution >= 4 is 27.3 Å². The average Bonchev–Trinajstić information content (AvgIpc) is 2.85. The highest BCUT2D eigenvalue weighted by Crippen LogP contribution is 2.40. The van der Waals surface area contributed by atoms with Crippen molar-refractivity contribution in [3.63, 3.8) is 0 Å². The SMILES string of the molecule is COc1cc(C(=O)Nc2cc(C(F)(F)F)cc(C(F)(F)F)c2)c(N(Cc2ccccc2F)S(C)(=O)=O)cc1OC. The van der Waals surface area contributed by atoms with Crippen LogP contribution < -0.4 is 19.1 Å². The van der Waals surface area contributed by atoms with Gasteiger partial charge in [-0.1, -0.05) is 18.2 Å². The summed E-state index contributed by atoms with van der Waals surface area (Å²) in [6, 6.07) is 7.68. The number of carbonyl (C=O) groups is 1. The minimum atomic E-state index is -5.18. The zero-order valence-electron chi connectivity index (χ0n) is 20.9. The van der Waals surface area contributed by atoms with Gasteiger partial charge >= 0.3 is 12.4 Å². The van der Waals surface area contributed by atoms with E-state index in [0.717, 1.165) is 24.5 Å². The van der Waals surface area contributed by atoms with Gasteiger partial charge in [0.25, 0.3) is 5.91 Å². The molecule has 40 heavy (non-hydrogen) atoms. The van der Waals surface area contributed by atoms with Gasteiger partial charge in [0.05, 0.1) is 49.4 Å². The maximum Gasteiger partial charge on any atom is 0.416 e. The number of nitrogens with zero attached hydrogens (tertiary/aromatic N) is 1. The van der Waals surface area contributed by atoms with Gasteiger partial charge in [0.1, 0.15) is 5.82 Å². The van der Waals surface area contributed by atoms with Gasteiger partial charge in [-0.05, 0) is 30.3 Å². The van der Waals surface area contributed by atoms with Gasteiger partial charge in [-0.25, -0.2) is 12.8 Å². The molecule has 0 saturated carbocycles. The van der Waals surface area contributed by atoms with Crippen LogP contribution in [0.2, 0.25) is 0 Å². The van der Waals surface area contributed by atoms with Gasteiger partial charge in [-0.15, -0.1) is 0 Å². The molecule has 0 spiro atoms. The third-order valence-corrected chi connectivity index (χ3v) is 6.66. The van der Waals surface area contributed by atoms with E-state index in [9.17, 15) is 43.9 Å². The van der Waals surface area contributed by atoms with Crippen LogP contribution >= 0.6 is 0 Å². The van der Waals surface area contributed by atoms with E-state index in [1.165, 1.54) is 32.4 Å². The first-order valence-corrected chi connectivity index (χ1v) is 12.9. The predicted octanol–water partition coefficient (Wildman–Crippen LogP) is 6.10. The number of methoxy groups -OCH3 is 2. The second-order valence-electron chi connectivity index (χ2n) is 8.33. The zero-order valence-corrected chi connectivity index (χ0v) is 21.8. The van der Waals surface area contributed by atoms with Crippen LogP contribution in [0, 0.1) is 5.82 Å². The molecule has 0 fully saturated rings. The van der Waals surface area contributed by atoms with E-state index in [0.29, 0.717) is 16.4 Å². The summed E-state index contributed by atoms with van der Waals surface area (Å²) in [6.45, 7) is -0.622. The Morgan fingerprint density at radius 2 is 1.40 bits per heavy atom. The largest absolute Gasteiger partial charge is 0.493 e. The molecular formula is C25H21F7N2O5S.